The first-order valence-corrected chi connectivity index (χ1v) is 4.57. The third kappa shape index (κ3) is 2.33. The molecule has 1 atom stereocenters. The van der Waals surface area contributed by atoms with Crippen molar-refractivity contribution in [1.82, 2.24) is 0 Å². The lowest BCUT2D eigenvalue weighted by atomic mass is 9.91. The minimum Gasteiger partial charge on any atom is -0.368 e. The summed E-state index contributed by atoms with van der Waals surface area (Å²) >= 11 is 0. The molecule has 76 valence electrons. The van der Waals surface area contributed by atoms with Crippen molar-refractivity contribution in [2.75, 3.05) is 0 Å². The second-order valence-electron chi connectivity index (χ2n) is 3.88. The van der Waals surface area contributed by atoms with Gasteiger partial charge in [0.1, 0.15) is 0 Å². The minimum absolute atomic E-state index is 0.472. The van der Waals surface area contributed by atoms with E-state index in [1.807, 2.05) is 31.2 Å². The van der Waals surface area contributed by atoms with E-state index in [0.29, 0.717) is 6.42 Å². The minimum atomic E-state index is -0.966. The van der Waals surface area contributed by atoms with Gasteiger partial charge in [-0.3, -0.25) is 4.79 Å². The molecule has 0 spiro atoms. The van der Waals surface area contributed by atoms with Crippen molar-refractivity contribution in [3.63, 3.8) is 0 Å². The predicted molar refractivity (Wildman–Crippen MR) is 56.7 cm³/mol. The highest BCUT2D eigenvalue weighted by atomic mass is 16.1. The van der Waals surface area contributed by atoms with Crippen LogP contribution in [-0.4, -0.2) is 11.4 Å². The van der Waals surface area contributed by atoms with E-state index >= 15 is 0 Å². The zero-order valence-corrected chi connectivity index (χ0v) is 8.58. The van der Waals surface area contributed by atoms with Crippen molar-refractivity contribution in [3.8, 4) is 0 Å². The molecule has 0 bridgehead atoms. The van der Waals surface area contributed by atoms with E-state index in [4.69, 9.17) is 11.5 Å². The first-order chi connectivity index (χ1) is 6.43. The highest BCUT2D eigenvalue weighted by molar-refractivity contribution is 5.84. The molecule has 1 aromatic rings. The third-order valence-electron chi connectivity index (χ3n) is 2.38. The average Bonchev–Trinajstić information content (AvgIpc) is 2.08. The molecular formula is C11H16N2O. The van der Waals surface area contributed by atoms with E-state index in [1.165, 1.54) is 0 Å². The van der Waals surface area contributed by atoms with Crippen molar-refractivity contribution in [1.29, 1.82) is 0 Å². The van der Waals surface area contributed by atoms with E-state index in [0.717, 1.165) is 11.1 Å². The van der Waals surface area contributed by atoms with Gasteiger partial charge in [-0.2, -0.15) is 0 Å². The quantitative estimate of drug-likeness (QED) is 0.741. The van der Waals surface area contributed by atoms with E-state index < -0.39 is 11.4 Å². The van der Waals surface area contributed by atoms with E-state index in [-0.39, 0.29) is 0 Å². The Kier molecular flexibility index (Phi) is 2.91. The molecule has 0 aromatic heterocycles. The van der Waals surface area contributed by atoms with E-state index in [1.54, 1.807) is 6.92 Å². The van der Waals surface area contributed by atoms with Crippen LogP contribution in [0.25, 0.3) is 0 Å². The summed E-state index contributed by atoms with van der Waals surface area (Å²) in [5.74, 6) is -0.472. The molecule has 1 aromatic carbocycles. The molecule has 3 nitrogen and oxygen atoms in total. The number of carbonyl (C=O) groups is 1. The Labute approximate surface area is 84.1 Å². The van der Waals surface area contributed by atoms with E-state index in [2.05, 4.69) is 0 Å². The normalized spacial score (nSPS) is 14.8. The number of carbonyl (C=O) groups excluding carboxylic acids is 1. The van der Waals surface area contributed by atoms with Crippen LogP contribution >= 0.6 is 0 Å². The molecule has 1 amide bonds. The Morgan fingerprint density at radius 3 is 2.50 bits per heavy atom. The fourth-order valence-electron chi connectivity index (χ4n) is 1.29. The number of aryl methyl sites for hydroxylation is 1. The van der Waals surface area contributed by atoms with Crippen LogP contribution in [0.4, 0.5) is 0 Å². The van der Waals surface area contributed by atoms with Crippen LogP contribution in [0.3, 0.4) is 0 Å². The summed E-state index contributed by atoms with van der Waals surface area (Å²) in [6.07, 6.45) is 0.481. The molecule has 0 aliphatic carbocycles. The second kappa shape index (κ2) is 3.80. The van der Waals surface area contributed by atoms with Gasteiger partial charge < -0.3 is 11.5 Å². The summed E-state index contributed by atoms with van der Waals surface area (Å²) in [7, 11) is 0. The second-order valence-corrected chi connectivity index (χ2v) is 3.88. The average molecular weight is 192 g/mol. The smallest absolute Gasteiger partial charge is 0.237 e. The maximum Gasteiger partial charge on any atom is 0.237 e. The van der Waals surface area contributed by atoms with Crippen LogP contribution in [0.15, 0.2) is 24.3 Å². The monoisotopic (exact) mass is 192 g/mol. The van der Waals surface area contributed by atoms with Gasteiger partial charge >= 0.3 is 0 Å². The Balaban J connectivity index is 2.89. The summed E-state index contributed by atoms with van der Waals surface area (Å²) in [5, 5.41) is 0. The topological polar surface area (TPSA) is 69.1 Å². The van der Waals surface area contributed by atoms with Crippen molar-refractivity contribution in [2.45, 2.75) is 25.8 Å². The molecule has 0 saturated heterocycles. The zero-order chi connectivity index (χ0) is 10.8. The van der Waals surface area contributed by atoms with Crippen molar-refractivity contribution < 1.29 is 4.79 Å². The molecule has 0 saturated carbocycles. The molecule has 1 rings (SSSR count). The summed E-state index contributed by atoms with van der Waals surface area (Å²) < 4.78 is 0. The lowest BCUT2D eigenvalue weighted by Crippen LogP contribution is -2.51. The van der Waals surface area contributed by atoms with Gasteiger partial charge in [0.05, 0.1) is 5.54 Å². The Bertz CT molecular complexity index is 345. The van der Waals surface area contributed by atoms with Gasteiger partial charge in [0.25, 0.3) is 0 Å². The van der Waals surface area contributed by atoms with Gasteiger partial charge in [0.2, 0.25) is 5.91 Å². The van der Waals surface area contributed by atoms with Crippen LogP contribution in [0, 0.1) is 6.92 Å². The summed E-state index contributed by atoms with van der Waals surface area (Å²) in [6.45, 7) is 3.65. The highest BCUT2D eigenvalue weighted by Crippen LogP contribution is 2.14. The fourth-order valence-corrected chi connectivity index (χ4v) is 1.29. The number of hydrogen-bond donors (Lipinski definition) is 2. The van der Waals surface area contributed by atoms with Crippen molar-refractivity contribution in [2.24, 2.45) is 11.5 Å². The summed E-state index contributed by atoms with van der Waals surface area (Å²) in [4.78, 5) is 11.0. The SMILES string of the molecule is Cc1ccccc1CC(C)(N)C(N)=O. The maximum atomic E-state index is 11.0. The number of rotatable bonds is 3. The Hall–Kier alpha value is -1.35. The van der Waals surface area contributed by atoms with Gasteiger partial charge in [-0.25, -0.2) is 0 Å². The van der Waals surface area contributed by atoms with E-state index in [9.17, 15) is 4.79 Å². The summed E-state index contributed by atoms with van der Waals surface area (Å²) in [6, 6.07) is 7.84. The number of nitrogens with two attached hydrogens (primary N) is 2. The highest BCUT2D eigenvalue weighted by Gasteiger charge is 2.26. The molecule has 0 heterocycles. The van der Waals surface area contributed by atoms with Gasteiger partial charge in [-0.15, -0.1) is 0 Å². The van der Waals surface area contributed by atoms with Crippen LogP contribution in [0.1, 0.15) is 18.1 Å². The van der Waals surface area contributed by atoms with Crippen LogP contribution < -0.4 is 11.5 Å². The van der Waals surface area contributed by atoms with Gasteiger partial charge in [-0.1, -0.05) is 24.3 Å². The molecule has 0 aliphatic heterocycles. The number of amides is 1. The van der Waals surface area contributed by atoms with Crippen LogP contribution in [-0.2, 0) is 11.2 Å². The van der Waals surface area contributed by atoms with Gasteiger partial charge in [-0.05, 0) is 31.4 Å². The van der Waals surface area contributed by atoms with Gasteiger partial charge in [0.15, 0.2) is 0 Å². The lowest BCUT2D eigenvalue weighted by molar-refractivity contribution is -0.122. The fraction of sp³-hybridized carbons (Fsp3) is 0.364. The molecule has 0 radical (unpaired) electrons. The maximum absolute atomic E-state index is 11.0. The lowest BCUT2D eigenvalue weighted by Gasteiger charge is -2.21. The predicted octanol–water partition coefficient (Wildman–Crippen LogP) is 0.740. The Morgan fingerprint density at radius 1 is 1.43 bits per heavy atom. The molecule has 1 unspecified atom stereocenters. The standard InChI is InChI=1S/C11H16N2O/c1-8-5-3-4-6-9(8)7-11(2,13)10(12)14/h3-6H,7,13H2,1-2H3,(H2,12,14). The first-order valence-electron chi connectivity index (χ1n) is 4.57. The number of benzene rings is 1. The number of hydrogen-bond acceptors (Lipinski definition) is 2. The molecule has 0 aliphatic rings. The van der Waals surface area contributed by atoms with Crippen molar-refractivity contribution >= 4 is 5.91 Å². The molecule has 3 heteroatoms. The van der Waals surface area contributed by atoms with Crippen molar-refractivity contribution in [3.05, 3.63) is 35.4 Å². The Morgan fingerprint density at radius 2 is 2.00 bits per heavy atom. The van der Waals surface area contributed by atoms with Gasteiger partial charge in [0, 0.05) is 0 Å². The first kappa shape index (κ1) is 10.7. The molecule has 0 fully saturated rings. The third-order valence-corrected chi connectivity index (χ3v) is 2.38. The number of primary amides is 1. The zero-order valence-electron chi connectivity index (χ0n) is 8.58. The molecule has 4 N–H and O–H groups in total. The molecular weight excluding hydrogens is 176 g/mol. The largest absolute Gasteiger partial charge is 0.368 e. The molecule has 14 heavy (non-hydrogen) atoms. The van der Waals surface area contributed by atoms with Crippen LogP contribution in [0.2, 0.25) is 0 Å². The van der Waals surface area contributed by atoms with Crippen LogP contribution in [0.5, 0.6) is 0 Å². The summed E-state index contributed by atoms with van der Waals surface area (Å²) in [5.41, 5.74) is 12.2.